The van der Waals surface area contributed by atoms with E-state index < -0.39 is 0 Å². The molecule has 1 aromatic carbocycles. The molecular weight excluding hydrogens is 222 g/mol. The Morgan fingerprint density at radius 1 is 1.22 bits per heavy atom. The van der Waals surface area contributed by atoms with E-state index in [-0.39, 0.29) is 6.10 Å². The fraction of sp³-hybridized carbons (Fsp3) is 0.625. The van der Waals surface area contributed by atoms with Gasteiger partial charge in [-0.15, -0.1) is 0 Å². The van der Waals surface area contributed by atoms with E-state index in [0.717, 1.165) is 25.8 Å². The first-order valence-electron chi connectivity index (χ1n) is 7.24. The summed E-state index contributed by atoms with van der Waals surface area (Å²) >= 11 is 0. The van der Waals surface area contributed by atoms with Gasteiger partial charge in [-0.3, -0.25) is 0 Å². The van der Waals surface area contributed by atoms with E-state index in [4.69, 9.17) is 0 Å². The molecule has 1 aliphatic carbocycles. The van der Waals surface area contributed by atoms with Gasteiger partial charge >= 0.3 is 0 Å². The number of hydrogen-bond acceptors (Lipinski definition) is 2. The van der Waals surface area contributed by atoms with Crippen LogP contribution < -0.4 is 5.32 Å². The second-order valence-corrected chi connectivity index (χ2v) is 5.51. The molecule has 1 saturated carbocycles. The van der Waals surface area contributed by atoms with Gasteiger partial charge in [0.2, 0.25) is 0 Å². The summed E-state index contributed by atoms with van der Waals surface area (Å²) in [5, 5.41) is 13.4. The average molecular weight is 247 g/mol. The van der Waals surface area contributed by atoms with E-state index in [9.17, 15) is 5.11 Å². The van der Waals surface area contributed by atoms with E-state index in [1.807, 2.05) is 0 Å². The molecule has 0 saturated heterocycles. The quantitative estimate of drug-likeness (QED) is 0.838. The molecule has 2 nitrogen and oxygen atoms in total. The molecule has 2 rings (SSSR count). The predicted molar refractivity (Wildman–Crippen MR) is 75.7 cm³/mol. The lowest BCUT2D eigenvalue weighted by Crippen LogP contribution is -2.42. The van der Waals surface area contributed by atoms with Crippen molar-refractivity contribution in [3.63, 3.8) is 0 Å². The molecule has 0 aliphatic heterocycles. The monoisotopic (exact) mass is 247 g/mol. The number of aliphatic hydroxyl groups excluding tert-OH is 1. The Kier molecular flexibility index (Phi) is 5.21. The van der Waals surface area contributed by atoms with Gasteiger partial charge in [-0.25, -0.2) is 0 Å². The zero-order chi connectivity index (χ0) is 12.8. The van der Waals surface area contributed by atoms with Crippen molar-refractivity contribution < 1.29 is 5.11 Å². The van der Waals surface area contributed by atoms with Crippen LogP contribution in [-0.4, -0.2) is 23.8 Å². The fourth-order valence-corrected chi connectivity index (χ4v) is 2.78. The summed E-state index contributed by atoms with van der Waals surface area (Å²) in [4.78, 5) is 0. The van der Waals surface area contributed by atoms with Crippen LogP contribution in [-0.2, 0) is 0 Å². The number of nitrogens with one attached hydrogen (secondary N) is 1. The van der Waals surface area contributed by atoms with Crippen LogP contribution in [0, 0.1) is 0 Å². The van der Waals surface area contributed by atoms with Crippen LogP contribution in [0.25, 0.3) is 0 Å². The summed E-state index contributed by atoms with van der Waals surface area (Å²) in [6, 6.07) is 11.0. The zero-order valence-corrected chi connectivity index (χ0v) is 11.3. The summed E-state index contributed by atoms with van der Waals surface area (Å²) in [7, 11) is 0. The Bertz CT molecular complexity index is 338. The first-order valence-corrected chi connectivity index (χ1v) is 7.24. The Morgan fingerprint density at radius 3 is 2.67 bits per heavy atom. The third-order valence-electron chi connectivity index (χ3n) is 4.08. The average Bonchev–Trinajstić information content (AvgIpc) is 2.42. The van der Waals surface area contributed by atoms with Crippen molar-refractivity contribution in [3.8, 4) is 0 Å². The second kappa shape index (κ2) is 6.91. The SMILES string of the molecule is CC(CCN[C@@H]1CCCC[C@H]1O)c1ccccc1. The molecule has 0 aromatic heterocycles. The van der Waals surface area contributed by atoms with Crippen LogP contribution in [0.3, 0.4) is 0 Å². The largest absolute Gasteiger partial charge is 0.392 e. The second-order valence-electron chi connectivity index (χ2n) is 5.51. The number of hydrogen-bond donors (Lipinski definition) is 2. The third kappa shape index (κ3) is 3.82. The van der Waals surface area contributed by atoms with Crippen molar-refractivity contribution in [1.29, 1.82) is 0 Å². The Morgan fingerprint density at radius 2 is 1.94 bits per heavy atom. The van der Waals surface area contributed by atoms with E-state index in [1.54, 1.807) is 0 Å². The maximum Gasteiger partial charge on any atom is 0.0693 e. The summed E-state index contributed by atoms with van der Waals surface area (Å²) < 4.78 is 0. The van der Waals surface area contributed by atoms with Gasteiger partial charge < -0.3 is 10.4 Å². The topological polar surface area (TPSA) is 32.3 Å². The zero-order valence-electron chi connectivity index (χ0n) is 11.3. The fourth-order valence-electron chi connectivity index (χ4n) is 2.78. The number of rotatable bonds is 5. The van der Waals surface area contributed by atoms with E-state index in [0.29, 0.717) is 12.0 Å². The highest BCUT2D eigenvalue weighted by Crippen LogP contribution is 2.20. The van der Waals surface area contributed by atoms with Crippen molar-refractivity contribution in [2.75, 3.05) is 6.54 Å². The summed E-state index contributed by atoms with van der Waals surface area (Å²) in [6.45, 7) is 3.27. The molecule has 0 spiro atoms. The van der Waals surface area contributed by atoms with E-state index in [2.05, 4.69) is 42.6 Å². The molecule has 2 heteroatoms. The first kappa shape index (κ1) is 13.6. The highest BCUT2D eigenvalue weighted by Gasteiger charge is 2.22. The van der Waals surface area contributed by atoms with Crippen molar-refractivity contribution in [2.45, 2.75) is 57.1 Å². The molecule has 1 aromatic rings. The third-order valence-corrected chi connectivity index (χ3v) is 4.08. The molecule has 0 amide bonds. The van der Waals surface area contributed by atoms with Crippen LogP contribution >= 0.6 is 0 Å². The standard InChI is InChI=1S/C16H25NO/c1-13(14-7-3-2-4-8-14)11-12-17-15-9-5-6-10-16(15)18/h2-4,7-8,13,15-18H,5-6,9-12H2,1H3/t13?,15-,16-/m1/s1. The molecule has 2 N–H and O–H groups in total. The smallest absolute Gasteiger partial charge is 0.0693 e. The van der Waals surface area contributed by atoms with Crippen LogP contribution in [0.5, 0.6) is 0 Å². The Hall–Kier alpha value is -0.860. The lowest BCUT2D eigenvalue weighted by atomic mass is 9.92. The molecule has 3 atom stereocenters. The van der Waals surface area contributed by atoms with Gasteiger partial charge in [0.25, 0.3) is 0 Å². The maximum atomic E-state index is 9.89. The molecule has 1 aliphatic rings. The molecular formula is C16H25NO. The highest BCUT2D eigenvalue weighted by molar-refractivity contribution is 5.18. The molecule has 1 unspecified atom stereocenters. The molecule has 0 heterocycles. The highest BCUT2D eigenvalue weighted by atomic mass is 16.3. The first-order chi connectivity index (χ1) is 8.77. The molecule has 0 bridgehead atoms. The lowest BCUT2D eigenvalue weighted by Gasteiger charge is -2.29. The lowest BCUT2D eigenvalue weighted by molar-refractivity contribution is 0.0908. The van der Waals surface area contributed by atoms with Gasteiger partial charge in [-0.05, 0) is 37.3 Å². The molecule has 1 fully saturated rings. The van der Waals surface area contributed by atoms with Crippen LogP contribution in [0.2, 0.25) is 0 Å². The van der Waals surface area contributed by atoms with Crippen LogP contribution in [0.15, 0.2) is 30.3 Å². The van der Waals surface area contributed by atoms with Crippen molar-refractivity contribution >= 4 is 0 Å². The number of benzene rings is 1. The van der Waals surface area contributed by atoms with Gasteiger partial charge in [0.1, 0.15) is 0 Å². The normalized spacial score (nSPS) is 25.9. The summed E-state index contributed by atoms with van der Waals surface area (Å²) in [5.41, 5.74) is 1.41. The van der Waals surface area contributed by atoms with Gasteiger partial charge in [-0.2, -0.15) is 0 Å². The van der Waals surface area contributed by atoms with Gasteiger partial charge in [0.15, 0.2) is 0 Å². The molecule has 100 valence electrons. The van der Waals surface area contributed by atoms with E-state index in [1.165, 1.54) is 18.4 Å². The maximum absolute atomic E-state index is 9.89. The predicted octanol–water partition coefficient (Wildman–Crippen LogP) is 3.07. The Balaban J connectivity index is 1.71. The Labute approximate surface area is 110 Å². The molecule has 0 radical (unpaired) electrons. The van der Waals surface area contributed by atoms with E-state index >= 15 is 0 Å². The van der Waals surface area contributed by atoms with Crippen molar-refractivity contribution in [2.24, 2.45) is 0 Å². The van der Waals surface area contributed by atoms with Crippen LogP contribution in [0.1, 0.15) is 50.5 Å². The summed E-state index contributed by atoms with van der Waals surface area (Å²) in [6.07, 6.45) is 5.52. The van der Waals surface area contributed by atoms with Gasteiger partial charge in [0.05, 0.1) is 6.10 Å². The minimum atomic E-state index is -0.134. The minimum absolute atomic E-state index is 0.134. The number of aliphatic hydroxyl groups is 1. The molecule has 18 heavy (non-hydrogen) atoms. The van der Waals surface area contributed by atoms with Gasteiger partial charge in [0, 0.05) is 6.04 Å². The minimum Gasteiger partial charge on any atom is -0.392 e. The van der Waals surface area contributed by atoms with Crippen molar-refractivity contribution in [1.82, 2.24) is 5.32 Å². The van der Waals surface area contributed by atoms with Gasteiger partial charge in [-0.1, -0.05) is 50.1 Å². The summed E-state index contributed by atoms with van der Waals surface area (Å²) in [5.74, 6) is 0.583. The van der Waals surface area contributed by atoms with Crippen LogP contribution in [0.4, 0.5) is 0 Å². The van der Waals surface area contributed by atoms with Crippen molar-refractivity contribution in [3.05, 3.63) is 35.9 Å².